The van der Waals surface area contributed by atoms with Gasteiger partial charge in [-0.25, -0.2) is 0 Å². The Balaban J connectivity index is 2.89. The van der Waals surface area contributed by atoms with E-state index < -0.39 is 5.60 Å². The van der Waals surface area contributed by atoms with Gasteiger partial charge in [0.15, 0.2) is 0 Å². The Kier molecular flexibility index (Phi) is 3.46. The molecule has 0 fully saturated rings. The first-order valence-electron chi connectivity index (χ1n) is 4.61. The standard InChI is InChI=1S/C11H16O2/c1-2-11(13,8-9-12)10-6-4-3-5-7-10/h3-7,12-13H,2,8-9H2,1H3. The van der Waals surface area contributed by atoms with Crippen LogP contribution in [0.15, 0.2) is 30.3 Å². The highest BCUT2D eigenvalue weighted by molar-refractivity contribution is 5.21. The molecule has 1 rings (SSSR count). The second-order valence-corrected chi connectivity index (χ2v) is 3.22. The summed E-state index contributed by atoms with van der Waals surface area (Å²) >= 11 is 0. The predicted octanol–water partition coefficient (Wildman–Crippen LogP) is 1.67. The first-order chi connectivity index (χ1) is 6.23. The van der Waals surface area contributed by atoms with Crippen molar-refractivity contribution >= 4 is 0 Å². The van der Waals surface area contributed by atoms with Crippen molar-refractivity contribution in [1.29, 1.82) is 0 Å². The Labute approximate surface area is 78.8 Å². The van der Waals surface area contributed by atoms with E-state index >= 15 is 0 Å². The molecule has 0 radical (unpaired) electrons. The van der Waals surface area contributed by atoms with E-state index in [1.165, 1.54) is 0 Å². The van der Waals surface area contributed by atoms with E-state index in [4.69, 9.17) is 5.11 Å². The third-order valence-electron chi connectivity index (χ3n) is 2.42. The van der Waals surface area contributed by atoms with Crippen LogP contribution < -0.4 is 0 Å². The number of aliphatic hydroxyl groups excluding tert-OH is 1. The Hall–Kier alpha value is -0.860. The maximum Gasteiger partial charge on any atom is 0.0915 e. The smallest absolute Gasteiger partial charge is 0.0915 e. The van der Waals surface area contributed by atoms with Gasteiger partial charge >= 0.3 is 0 Å². The lowest BCUT2D eigenvalue weighted by Crippen LogP contribution is -2.25. The minimum Gasteiger partial charge on any atom is -0.396 e. The van der Waals surface area contributed by atoms with Crippen molar-refractivity contribution in [2.75, 3.05) is 6.61 Å². The van der Waals surface area contributed by atoms with Crippen LogP contribution in [0.25, 0.3) is 0 Å². The molecule has 1 unspecified atom stereocenters. The van der Waals surface area contributed by atoms with Crippen LogP contribution in [-0.4, -0.2) is 16.8 Å². The second-order valence-electron chi connectivity index (χ2n) is 3.22. The molecular weight excluding hydrogens is 164 g/mol. The van der Waals surface area contributed by atoms with Gasteiger partial charge in [-0.05, 0) is 12.0 Å². The average Bonchev–Trinajstić information content (AvgIpc) is 2.19. The molecule has 1 atom stereocenters. The van der Waals surface area contributed by atoms with E-state index in [9.17, 15) is 5.11 Å². The van der Waals surface area contributed by atoms with Crippen molar-refractivity contribution in [3.05, 3.63) is 35.9 Å². The lowest BCUT2D eigenvalue weighted by molar-refractivity contribution is 0.00779. The molecule has 13 heavy (non-hydrogen) atoms. The summed E-state index contributed by atoms with van der Waals surface area (Å²) in [6, 6.07) is 9.48. The first kappa shape index (κ1) is 10.2. The predicted molar refractivity (Wildman–Crippen MR) is 52.3 cm³/mol. The minimum atomic E-state index is -0.865. The van der Waals surface area contributed by atoms with Crippen LogP contribution in [0.2, 0.25) is 0 Å². The van der Waals surface area contributed by atoms with Gasteiger partial charge in [-0.3, -0.25) is 0 Å². The molecule has 2 heteroatoms. The zero-order chi connectivity index (χ0) is 9.73. The van der Waals surface area contributed by atoms with Crippen molar-refractivity contribution in [2.45, 2.75) is 25.4 Å². The van der Waals surface area contributed by atoms with Crippen molar-refractivity contribution < 1.29 is 10.2 Å². The largest absolute Gasteiger partial charge is 0.396 e. The van der Waals surface area contributed by atoms with E-state index in [0.29, 0.717) is 12.8 Å². The Morgan fingerprint density at radius 1 is 1.23 bits per heavy atom. The van der Waals surface area contributed by atoms with E-state index in [-0.39, 0.29) is 6.61 Å². The van der Waals surface area contributed by atoms with Gasteiger partial charge in [0.25, 0.3) is 0 Å². The minimum absolute atomic E-state index is 0.0131. The fourth-order valence-electron chi connectivity index (χ4n) is 1.46. The highest BCUT2D eigenvalue weighted by Gasteiger charge is 2.25. The van der Waals surface area contributed by atoms with Gasteiger partial charge in [0.2, 0.25) is 0 Å². The van der Waals surface area contributed by atoms with Gasteiger partial charge in [-0.15, -0.1) is 0 Å². The summed E-state index contributed by atoms with van der Waals surface area (Å²) in [7, 11) is 0. The molecule has 0 aromatic heterocycles. The summed E-state index contributed by atoms with van der Waals surface area (Å²) in [6.45, 7) is 1.93. The quantitative estimate of drug-likeness (QED) is 0.740. The van der Waals surface area contributed by atoms with Gasteiger partial charge in [-0.1, -0.05) is 37.3 Å². The molecule has 72 valence electrons. The van der Waals surface area contributed by atoms with Crippen molar-refractivity contribution in [1.82, 2.24) is 0 Å². The molecule has 0 amide bonds. The van der Waals surface area contributed by atoms with Gasteiger partial charge in [0.1, 0.15) is 0 Å². The molecule has 0 spiro atoms. The van der Waals surface area contributed by atoms with Crippen molar-refractivity contribution in [3.63, 3.8) is 0 Å². The third kappa shape index (κ3) is 2.29. The van der Waals surface area contributed by atoms with Crippen molar-refractivity contribution in [3.8, 4) is 0 Å². The number of benzene rings is 1. The van der Waals surface area contributed by atoms with Crippen LogP contribution in [0.4, 0.5) is 0 Å². The van der Waals surface area contributed by atoms with Crippen LogP contribution in [-0.2, 0) is 5.60 Å². The molecular formula is C11H16O2. The maximum atomic E-state index is 10.1. The van der Waals surface area contributed by atoms with Crippen LogP contribution in [0.3, 0.4) is 0 Å². The topological polar surface area (TPSA) is 40.5 Å². The molecule has 1 aromatic carbocycles. The van der Waals surface area contributed by atoms with Crippen LogP contribution in [0.5, 0.6) is 0 Å². The molecule has 0 heterocycles. The average molecular weight is 180 g/mol. The fourth-order valence-corrected chi connectivity index (χ4v) is 1.46. The van der Waals surface area contributed by atoms with Crippen LogP contribution >= 0.6 is 0 Å². The normalized spacial score (nSPS) is 15.3. The zero-order valence-corrected chi connectivity index (χ0v) is 7.90. The summed E-state index contributed by atoms with van der Waals surface area (Å²) in [4.78, 5) is 0. The van der Waals surface area contributed by atoms with Crippen LogP contribution in [0.1, 0.15) is 25.3 Å². The lowest BCUT2D eigenvalue weighted by atomic mass is 9.88. The Morgan fingerprint density at radius 2 is 1.85 bits per heavy atom. The van der Waals surface area contributed by atoms with Gasteiger partial charge in [0, 0.05) is 13.0 Å². The molecule has 2 nitrogen and oxygen atoms in total. The molecule has 0 aliphatic heterocycles. The van der Waals surface area contributed by atoms with Gasteiger partial charge < -0.3 is 10.2 Å². The maximum absolute atomic E-state index is 10.1. The molecule has 0 saturated heterocycles. The van der Waals surface area contributed by atoms with Gasteiger partial charge in [0.05, 0.1) is 5.60 Å². The van der Waals surface area contributed by atoms with E-state index in [1.807, 2.05) is 37.3 Å². The SMILES string of the molecule is CCC(O)(CCO)c1ccccc1. The number of hydrogen-bond acceptors (Lipinski definition) is 2. The summed E-state index contributed by atoms with van der Waals surface area (Å²) in [5.41, 5.74) is 0.0160. The number of aliphatic hydroxyl groups is 2. The van der Waals surface area contributed by atoms with E-state index in [0.717, 1.165) is 5.56 Å². The van der Waals surface area contributed by atoms with Crippen molar-refractivity contribution in [2.24, 2.45) is 0 Å². The summed E-state index contributed by atoms with van der Waals surface area (Å²) < 4.78 is 0. The molecule has 0 saturated carbocycles. The molecule has 2 N–H and O–H groups in total. The van der Waals surface area contributed by atoms with Gasteiger partial charge in [-0.2, -0.15) is 0 Å². The molecule has 0 bridgehead atoms. The molecule has 0 aliphatic rings. The lowest BCUT2D eigenvalue weighted by Gasteiger charge is -2.26. The highest BCUT2D eigenvalue weighted by Crippen LogP contribution is 2.27. The number of rotatable bonds is 4. The molecule has 1 aromatic rings. The summed E-state index contributed by atoms with van der Waals surface area (Å²) in [5.74, 6) is 0. The summed E-state index contributed by atoms with van der Waals surface area (Å²) in [6.07, 6.45) is 1.02. The van der Waals surface area contributed by atoms with E-state index in [2.05, 4.69) is 0 Å². The Morgan fingerprint density at radius 3 is 2.31 bits per heavy atom. The fraction of sp³-hybridized carbons (Fsp3) is 0.455. The monoisotopic (exact) mass is 180 g/mol. The zero-order valence-electron chi connectivity index (χ0n) is 7.90. The molecule has 0 aliphatic carbocycles. The Bertz CT molecular complexity index is 246. The second kappa shape index (κ2) is 4.40. The first-order valence-corrected chi connectivity index (χ1v) is 4.61. The van der Waals surface area contributed by atoms with Crippen LogP contribution in [0, 0.1) is 0 Å². The third-order valence-corrected chi connectivity index (χ3v) is 2.42. The highest BCUT2D eigenvalue weighted by atomic mass is 16.3. The number of hydrogen-bond donors (Lipinski definition) is 2. The van der Waals surface area contributed by atoms with E-state index in [1.54, 1.807) is 0 Å². The summed E-state index contributed by atoms with van der Waals surface area (Å²) in [5, 5.41) is 19.0.